The fourth-order valence-corrected chi connectivity index (χ4v) is 2.72. The molecule has 0 bridgehead atoms. The number of hydrogen-bond donors (Lipinski definition) is 2. The first kappa shape index (κ1) is 12.1. The van der Waals surface area contributed by atoms with E-state index in [0.717, 1.165) is 4.47 Å². The molecule has 1 aromatic heterocycles. The Hall–Kier alpha value is -1.34. The number of aromatic amines is 1. The van der Waals surface area contributed by atoms with Crippen LogP contribution in [0.15, 0.2) is 40.0 Å². The summed E-state index contributed by atoms with van der Waals surface area (Å²) in [6, 6.07) is 6.92. The Labute approximate surface area is 107 Å². The van der Waals surface area contributed by atoms with Crippen LogP contribution in [-0.4, -0.2) is 18.4 Å². The minimum Gasteiger partial charge on any atom is -0.332 e. The average molecular weight is 316 g/mol. The van der Waals surface area contributed by atoms with Crippen molar-refractivity contribution in [1.29, 1.82) is 0 Å². The molecule has 0 amide bonds. The van der Waals surface area contributed by atoms with E-state index in [0.29, 0.717) is 11.5 Å². The quantitative estimate of drug-likeness (QED) is 0.912. The van der Waals surface area contributed by atoms with Gasteiger partial charge in [-0.25, -0.2) is 4.98 Å². The van der Waals surface area contributed by atoms with Gasteiger partial charge >= 0.3 is 0 Å². The zero-order valence-electron chi connectivity index (χ0n) is 8.94. The van der Waals surface area contributed by atoms with E-state index < -0.39 is 10.0 Å². The molecule has 0 aliphatic heterocycles. The summed E-state index contributed by atoms with van der Waals surface area (Å²) in [7, 11) is -3.60. The van der Waals surface area contributed by atoms with Crippen LogP contribution in [0.1, 0.15) is 5.82 Å². The lowest BCUT2D eigenvalue weighted by Crippen LogP contribution is -2.13. The molecular formula is C10H10BrN3O2S. The van der Waals surface area contributed by atoms with E-state index in [2.05, 4.69) is 30.6 Å². The molecule has 0 aliphatic carbocycles. The summed E-state index contributed by atoms with van der Waals surface area (Å²) >= 11 is 3.28. The van der Waals surface area contributed by atoms with Gasteiger partial charge in [0, 0.05) is 10.2 Å². The smallest absolute Gasteiger partial charge is 0.278 e. The van der Waals surface area contributed by atoms with E-state index in [4.69, 9.17) is 0 Å². The van der Waals surface area contributed by atoms with E-state index in [1.807, 2.05) is 6.07 Å². The largest absolute Gasteiger partial charge is 0.332 e. The highest BCUT2D eigenvalue weighted by molar-refractivity contribution is 9.10. The molecule has 0 aliphatic rings. The number of sulfonamides is 1. The molecule has 90 valence electrons. The molecule has 1 aromatic carbocycles. The lowest BCUT2D eigenvalue weighted by Gasteiger charge is -2.06. The third kappa shape index (κ3) is 2.86. The van der Waals surface area contributed by atoms with Crippen LogP contribution in [0.2, 0.25) is 0 Å². The molecule has 1 heterocycles. The number of H-pyrrole nitrogens is 1. The minimum atomic E-state index is -3.60. The summed E-state index contributed by atoms with van der Waals surface area (Å²) in [5.41, 5.74) is 0.492. The first-order chi connectivity index (χ1) is 7.97. The first-order valence-corrected chi connectivity index (χ1v) is 7.05. The molecule has 2 N–H and O–H groups in total. The Kier molecular flexibility index (Phi) is 3.21. The van der Waals surface area contributed by atoms with Crippen molar-refractivity contribution < 1.29 is 8.42 Å². The van der Waals surface area contributed by atoms with Crippen molar-refractivity contribution in [2.75, 3.05) is 4.72 Å². The SMILES string of the molecule is Cc1ncc(S(=O)(=O)Nc2cccc(Br)c2)[nH]1. The van der Waals surface area contributed by atoms with E-state index >= 15 is 0 Å². The summed E-state index contributed by atoms with van der Waals surface area (Å²) in [4.78, 5) is 6.54. The normalized spacial score (nSPS) is 11.4. The highest BCUT2D eigenvalue weighted by atomic mass is 79.9. The van der Waals surface area contributed by atoms with Gasteiger partial charge < -0.3 is 4.98 Å². The van der Waals surface area contributed by atoms with Gasteiger partial charge in [0.1, 0.15) is 5.82 Å². The highest BCUT2D eigenvalue weighted by Crippen LogP contribution is 2.18. The Morgan fingerprint density at radius 2 is 2.18 bits per heavy atom. The maximum atomic E-state index is 11.9. The van der Waals surface area contributed by atoms with E-state index in [-0.39, 0.29) is 5.03 Å². The molecule has 0 radical (unpaired) electrons. The van der Waals surface area contributed by atoms with Gasteiger partial charge in [-0.1, -0.05) is 22.0 Å². The topological polar surface area (TPSA) is 74.8 Å². The second-order valence-electron chi connectivity index (χ2n) is 3.45. The van der Waals surface area contributed by atoms with Crippen molar-refractivity contribution in [1.82, 2.24) is 9.97 Å². The van der Waals surface area contributed by atoms with Crippen molar-refractivity contribution in [3.63, 3.8) is 0 Å². The Balaban J connectivity index is 2.29. The number of rotatable bonds is 3. The summed E-state index contributed by atoms with van der Waals surface area (Å²) in [6.07, 6.45) is 1.29. The van der Waals surface area contributed by atoms with Crippen LogP contribution in [0.3, 0.4) is 0 Å². The van der Waals surface area contributed by atoms with Gasteiger partial charge in [-0.2, -0.15) is 8.42 Å². The summed E-state index contributed by atoms with van der Waals surface area (Å²) < 4.78 is 27.1. The third-order valence-corrected chi connectivity index (χ3v) is 3.83. The maximum absolute atomic E-state index is 11.9. The highest BCUT2D eigenvalue weighted by Gasteiger charge is 2.16. The van der Waals surface area contributed by atoms with Crippen LogP contribution in [-0.2, 0) is 10.0 Å². The second-order valence-corrected chi connectivity index (χ2v) is 6.02. The van der Waals surface area contributed by atoms with Gasteiger partial charge in [0.05, 0.1) is 6.20 Å². The molecule has 0 fully saturated rings. The van der Waals surface area contributed by atoms with Gasteiger partial charge in [-0.15, -0.1) is 0 Å². The minimum absolute atomic E-state index is 0.0509. The Morgan fingerprint density at radius 3 is 2.76 bits per heavy atom. The molecule has 0 saturated carbocycles. The lowest BCUT2D eigenvalue weighted by atomic mass is 10.3. The average Bonchev–Trinajstić information content (AvgIpc) is 2.65. The molecule has 0 spiro atoms. The molecule has 2 aromatic rings. The Morgan fingerprint density at radius 1 is 1.41 bits per heavy atom. The van der Waals surface area contributed by atoms with Crippen LogP contribution in [0.5, 0.6) is 0 Å². The van der Waals surface area contributed by atoms with Gasteiger partial charge in [0.2, 0.25) is 0 Å². The molecule has 0 unspecified atom stereocenters. The third-order valence-electron chi connectivity index (χ3n) is 2.05. The number of aryl methyl sites for hydroxylation is 1. The van der Waals surface area contributed by atoms with E-state index in [1.165, 1.54) is 6.20 Å². The van der Waals surface area contributed by atoms with Gasteiger partial charge in [-0.05, 0) is 25.1 Å². The number of halogens is 1. The van der Waals surface area contributed by atoms with Crippen molar-refractivity contribution >= 4 is 31.6 Å². The summed E-state index contributed by atoms with van der Waals surface area (Å²) in [5.74, 6) is 0.555. The van der Waals surface area contributed by atoms with Crippen LogP contribution in [0.25, 0.3) is 0 Å². The second kappa shape index (κ2) is 4.50. The predicted molar refractivity (Wildman–Crippen MR) is 68.3 cm³/mol. The van der Waals surface area contributed by atoms with Gasteiger partial charge in [-0.3, -0.25) is 4.72 Å². The predicted octanol–water partition coefficient (Wildman–Crippen LogP) is 2.28. The Bertz CT molecular complexity index is 637. The van der Waals surface area contributed by atoms with Gasteiger partial charge in [0.25, 0.3) is 10.0 Å². The molecule has 0 saturated heterocycles. The number of nitrogens with one attached hydrogen (secondary N) is 2. The van der Waals surface area contributed by atoms with Crippen molar-refractivity contribution in [2.45, 2.75) is 11.9 Å². The standard InChI is InChI=1S/C10H10BrN3O2S/c1-7-12-6-10(13-7)17(15,16)14-9-4-2-3-8(11)5-9/h2-6,14H,1H3,(H,12,13). The molecule has 7 heteroatoms. The molecule has 17 heavy (non-hydrogen) atoms. The van der Waals surface area contributed by atoms with Crippen LogP contribution in [0.4, 0.5) is 5.69 Å². The van der Waals surface area contributed by atoms with Crippen LogP contribution >= 0.6 is 15.9 Å². The molecule has 5 nitrogen and oxygen atoms in total. The number of imidazole rings is 1. The summed E-state index contributed by atoms with van der Waals surface area (Å²) in [5, 5.41) is 0.0509. The molecule has 0 atom stereocenters. The fraction of sp³-hybridized carbons (Fsp3) is 0.100. The van der Waals surface area contributed by atoms with Crippen LogP contribution in [0, 0.1) is 6.92 Å². The monoisotopic (exact) mass is 315 g/mol. The molecule has 2 rings (SSSR count). The van der Waals surface area contributed by atoms with E-state index in [1.54, 1.807) is 25.1 Å². The molecular weight excluding hydrogens is 306 g/mol. The number of benzene rings is 1. The number of nitrogens with zero attached hydrogens (tertiary/aromatic N) is 1. The van der Waals surface area contributed by atoms with Crippen molar-refractivity contribution in [3.05, 3.63) is 40.8 Å². The summed E-state index contributed by atoms with van der Waals surface area (Å²) in [6.45, 7) is 1.69. The number of aromatic nitrogens is 2. The zero-order chi connectivity index (χ0) is 12.5. The van der Waals surface area contributed by atoms with E-state index in [9.17, 15) is 8.42 Å². The van der Waals surface area contributed by atoms with Gasteiger partial charge in [0.15, 0.2) is 5.03 Å². The number of hydrogen-bond acceptors (Lipinski definition) is 3. The van der Waals surface area contributed by atoms with Crippen molar-refractivity contribution in [3.8, 4) is 0 Å². The fourth-order valence-electron chi connectivity index (χ4n) is 1.30. The maximum Gasteiger partial charge on any atom is 0.278 e. The zero-order valence-corrected chi connectivity index (χ0v) is 11.3. The lowest BCUT2D eigenvalue weighted by molar-refractivity contribution is 0.598. The first-order valence-electron chi connectivity index (χ1n) is 4.77. The van der Waals surface area contributed by atoms with Crippen molar-refractivity contribution in [2.24, 2.45) is 0 Å². The number of anilines is 1. The van der Waals surface area contributed by atoms with Crippen LogP contribution < -0.4 is 4.72 Å².